The molecule has 1 fully saturated rings. The second kappa shape index (κ2) is 5.22. The Hall–Kier alpha value is -1.82. The molecule has 2 heterocycles. The van der Waals surface area contributed by atoms with Gasteiger partial charge in [0.2, 0.25) is 0 Å². The van der Waals surface area contributed by atoms with Crippen LogP contribution >= 0.6 is 0 Å². The summed E-state index contributed by atoms with van der Waals surface area (Å²) in [7, 11) is 0. The lowest BCUT2D eigenvalue weighted by atomic mass is 10.2. The van der Waals surface area contributed by atoms with Crippen LogP contribution in [0.2, 0.25) is 0 Å². The molecule has 0 spiro atoms. The minimum Gasteiger partial charge on any atom is -0.409 e. The zero-order chi connectivity index (χ0) is 13.1. The molecule has 1 aromatic heterocycles. The normalized spacial score (nSPS) is 21.1. The molecular formula is C12H18N4O2. The quantitative estimate of drug-likeness (QED) is 0.349. The summed E-state index contributed by atoms with van der Waals surface area (Å²) >= 11 is 0. The van der Waals surface area contributed by atoms with Gasteiger partial charge in [-0.25, -0.2) is 4.98 Å². The van der Waals surface area contributed by atoms with Crippen molar-refractivity contribution < 1.29 is 9.94 Å². The minimum atomic E-state index is 0.100. The lowest BCUT2D eigenvalue weighted by Gasteiger charge is -2.32. The number of pyridine rings is 1. The Morgan fingerprint density at radius 2 is 2.39 bits per heavy atom. The van der Waals surface area contributed by atoms with Gasteiger partial charge in [0.1, 0.15) is 5.82 Å². The molecule has 0 bridgehead atoms. The maximum atomic E-state index is 8.73. The minimum absolute atomic E-state index is 0.100. The molecular weight excluding hydrogens is 232 g/mol. The van der Waals surface area contributed by atoms with Crippen molar-refractivity contribution in [1.82, 2.24) is 4.98 Å². The number of aryl methyl sites for hydroxylation is 1. The molecule has 1 aliphatic rings. The molecule has 18 heavy (non-hydrogen) atoms. The van der Waals surface area contributed by atoms with Gasteiger partial charge >= 0.3 is 0 Å². The Morgan fingerprint density at radius 3 is 3.06 bits per heavy atom. The van der Waals surface area contributed by atoms with Crippen LogP contribution in [-0.2, 0) is 4.74 Å². The highest BCUT2D eigenvalue weighted by atomic mass is 16.5. The van der Waals surface area contributed by atoms with Crippen LogP contribution in [0.25, 0.3) is 0 Å². The fraction of sp³-hybridized carbons (Fsp3) is 0.500. The van der Waals surface area contributed by atoms with Crippen molar-refractivity contribution in [1.29, 1.82) is 0 Å². The second-order valence-corrected chi connectivity index (χ2v) is 4.47. The number of anilines is 1. The van der Waals surface area contributed by atoms with E-state index < -0.39 is 0 Å². The number of nitrogens with zero attached hydrogens (tertiary/aromatic N) is 3. The second-order valence-electron chi connectivity index (χ2n) is 4.47. The standard InChI is InChI=1S/C12H18N4O2/c1-8-5-10(12(13)15-17)6-11(14-8)16-3-4-18-9(2)7-16/h5-6,9,17H,3-4,7H2,1-2H3,(H2,13,15). The van der Waals surface area contributed by atoms with Crippen LogP contribution in [0, 0.1) is 6.92 Å². The van der Waals surface area contributed by atoms with E-state index in [2.05, 4.69) is 15.0 Å². The highest BCUT2D eigenvalue weighted by Crippen LogP contribution is 2.18. The molecule has 0 aliphatic carbocycles. The van der Waals surface area contributed by atoms with Gasteiger partial charge in [0.15, 0.2) is 5.84 Å². The van der Waals surface area contributed by atoms with E-state index in [0.29, 0.717) is 12.2 Å². The largest absolute Gasteiger partial charge is 0.409 e. The first-order valence-electron chi connectivity index (χ1n) is 5.93. The third kappa shape index (κ3) is 2.70. The van der Waals surface area contributed by atoms with Crippen LogP contribution in [0.5, 0.6) is 0 Å². The van der Waals surface area contributed by atoms with Gasteiger partial charge < -0.3 is 20.6 Å². The lowest BCUT2D eigenvalue weighted by Crippen LogP contribution is -2.41. The summed E-state index contributed by atoms with van der Waals surface area (Å²) in [5.74, 6) is 0.940. The van der Waals surface area contributed by atoms with E-state index in [1.165, 1.54) is 0 Å². The van der Waals surface area contributed by atoms with Gasteiger partial charge in [0.05, 0.1) is 12.7 Å². The molecule has 98 valence electrons. The lowest BCUT2D eigenvalue weighted by molar-refractivity contribution is 0.0529. The fourth-order valence-corrected chi connectivity index (χ4v) is 2.05. The SMILES string of the molecule is Cc1cc(/C(N)=N/O)cc(N2CCOC(C)C2)n1. The first kappa shape index (κ1) is 12.6. The topological polar surface area (TPSA) is 84.0 Å². The number of morpholine rings is 1. The van der Waals surface area contributed by atoms with Crippen molar-refractivity contribution in [3.63, 3.8) is 0 Å². The molecule has 3 N–H and O–H groups in total. The predicted molar refractivity (Wildman–Crippen MR) is 69.1 cm³/mol. The summed E-state index contributed by atoms with van der Waals surface area (Å²) in [5, 5.41) is 11.8. The number of aromatic nitrogens is 1. The van der Waals surface area contributed by atoms with Crippen LogP contribution < -0.4 is 10.6 Å². The molecule has 1 unspecified atom stereocenters. The van der Waals surface area contributed by atoms with Gasteiger partial charge in [-0.05, 0) is 26.0 Å². The molecule has 0 radical (unpaired) electrons. The predicted octanol–water partition coefficient (Wildman–Crippen LogP) is 0.710. The van der Waals surface area contributed by atoms with Crippen molar-refractivity contribution in [3.8, 4) is 0 Å². The van der Waals surface area contributed by atoms with Crippen LogP contribution in [0.4, 0.5) is 5.82 Å². The summed E-state index contributed by atoms with van der Waals surface area (Å²) in [4.78, 5) is 6.63. The molecule has 2 rings (SSSR count). The van der Waals surface area contributed by atoms with E-state index in [1.807, 2.05) is 19.9 Å². The number of nitrogens with two attached hydrogens (primary N) is 1. The fourth-order valence-electron chi connectivity index (χ4n) is 2.05. The molecule has 1 aliphatic heterocycles. The summed E-state index contributed by atoms with van der Waals surface area (Å²) in [6.07, 6.45) is 0.188. The van der Waals surface area contributed by atoms with Crippen LogP contribution in [0.15, 0.2) is 17.3 Å². The number of amidine groups is 1. The van der Waals surface area contributed by atoms with E-state index in [0.717, 1.165) is 24.6 Å². The van der Waals surface area contributed by atoms with Gasteiger partial charge in [-0.15, -0.1) is 0 Å². The first-order chi connectivity index (χ1) is 8.60. The monoisotopic (exact) mass is 250 g/mol. The number of hydrogen-bond acceptors (Lipinski definition) is 5. The summed E-state index contributed by atoms with van der Waals surface area (Å²) in [6, 6.07) is 3.63. The Bertz CT molecular complexity index is 461. The van der Waals surface area contributed by atoms with Gasteiger partial charge in [0, 0.05) is 24.3 Å². The van der Waals surface area contributed by atoms with Gasteiger partial charge in [0.25, 0.3) is 0 Å². The zero-order valence-corrected chi connectivity index (χ0v) is 10.6. The first-order valence-corrected chi connectivity index (χ1v) is 5.93. The number of oxime groups is 1. The number of rotatable bonds is 2. The summed E-state index contributed by atoms with van der Waals surface area (Å²) in [6.45, 7) is 6.21. The molecule has 1 saturated heterocycles. The van der Waals surface area contributed by atoms with Crippen molar-refractivity contribution in [2.24, 2.45) is 10.9 Å². The van der Waals surface area contributed by atoms with Crippen LogP contribution in [0.1, 0.15) is 18.2 Å². The van der Waals surface area contributed by atoms with Gasteiger partial charge in [-0.1, -0.05) is 5.16 Å². The number of hydrogen-bond donors (Lipinski definition) is 2. The molecule has 1 atom stereocenters. The average molecular weight is 250 g/mol. The highest BCUT2D eigenvalue weighted by molar-refractivity contribution is 5.97. The average Bonchev–Trinajstić information content (AvgIpc) is 2.37. The Balaban J connectivity index is 2.30. The molecule has 1 aromatic rings. The smallest absolute Gasteiger partial charge is 0.170 e. The van der Waals surface area contributed by atoms with Crippen molar-refractivity contribution >= 4 is 11.7 Å². The van der Waals surface area contributed by atoms with E-state index in [1.54, 1.807) is 6.07 Å². The van der Waals surface area contributed by atoms with Gasteiger partial charge in [-0.2, -0.15) is 0 Å². The molecule has 6 nitrogen and oxygen atoms in total. The molecule has 0 aromatic carbocycles. The van der Waals surface area contributed by atoms with Crippen LogP contribution in [0.3, 0.4) is 0 Å². The maximum Gasteiger partial charge on any atom is 0.170 e. The molecule has 0 amide bonds. The van der Waals surface area contributed by atoms with Crippen LogP contribution in [-0.4, -0.2) is 41.8 Å². The van der Waals surface area contributed by atoms with E-state index in [-0.39, 0.29) is 11.9 Å². The van der Waals surface area contributed by atoms with Gasteiger partial charge in [-0.3, -0.25) is 0 Å². The highest BCUT2D eigenvalue weighted by Gasteiger charge is 2.18. The zero-order valence-electron chi connectivity index (χ0n) is 10.6. The summed E-state index contributed by atoms with van der Waals surface area (Å²) < 4.78 is 5.50. The van der Waals surface area contributed by atoms with E-state index in [9.17, 15) is 0 Å². The molecule has 6 heteroatoms. The molecule has 0 saturated carbocycles. The van der Waals surface area contributed by atoms with E-state index in [4.69, 9.17) is 15.7 Å². The van der Waals surface area contributed by atoms with Crippen molar-refractivity contribution in [2.45, 2.75) is 20.0 Å². The Kier molecular flexibility index (Phi) is 3.66. The summed E-state index contributed by atoms with van der Waals surface area (Å²) in [5.41, 5.74) is 7.14. The number of ether oxygens (including phenoxy) is 1. The van der Waals surface area contributed by atoms with E-state index >= 15 is 0 Å². The van der Waals surface area contributed by atoms with Crippen molar-refractivity contribution in [2.75, 3.05) is 24.6 Å². The van der Waals surface area contributed by atoms with Crippen molar-refractivity contribution in [3.05, 3.63) is 23.4 Å². The third-order valence-corrected chi connectivity index (χ3v) is 2.91. The Labute approximate surface area is 106 Å². The Morgan fingerprint density at radius 1 is 1.61 bits per heavy atom. The maximum absolute atomic E-state index is 8.73. The third-order valence-electron chi connectivity index (χ3n) is 2.91.